The molecule has 2 aliphatic heterocycles. The number of aromatic nitrogens is 2. The van der Waals surface area contributed by atoms with Crippen LogP contribution in [-0.4, -0.2) is 42.7 Å². The Labute approximate surface area is 250 Å². The molecule has 1 aliphatic carbocycles. The highest BCUT2D eigenvalue weighted by molar-refractivity contribution is 5.75. The minimum atomic E-state index is 0.155. The van der Waals surface area contributed by atoms with Crippen LogP contribution in [0.15, 0.2) is 91.2 Å². The lowest BCUT2D eigenvalue weighted by molar-refractivity contribution is 0.247. The molecule has 7 rings (SSSR count). The van der Waals surface area contributed by atoms with Crippen LogP contribution in [0.3, 0.4) is 0 Å². The first-order valence-corrected chi connectivity index (χ1v) is 15.5. The third-order valence-corrected chi connectivity index (χ3v) is 10.0. The number of likely N-dealkylation sites (N-methyl/N-ethyl adjacent to an activating group) is 2. The van der Waals surface area contributed by atoms with E-state index in [9.17, 15) is 0 Å². The van der Waals surface area contributed by atoms with Crippen molar-refractivity contribution in [2.45, 2.75) is 57.0 Å². The van der Waals surface area contributed by atoms with Crippen molar-refractivity contribution < 1.29 is 0 Å². The van der Waals surface area contributed by atoms with E-state index in [4.69, 9.17) is 9.97 Å². The largest absolute Gasteiger partial charge is 0.375 e. The first kappa shape index (κ1) is 26.8. The molecule has 42 heavy (non-hydrogen) atoms. The minimum Gasteiger partial charge on any atom is -0.375 e. The van der Waals surface area contributed by atoms with Gasteiger partial charge in [0.1, 0.15) is 0 Å². The van der Waals surface area contributed by atoms with Crippen LogP contribution in [0.1, 0.15) is 61.8 Å². The second kappa shape index (κ2) is 10.6. The van der Waals surface area contributed by atoms with Gasteiger partial charge in [0.25, 0.3) is 0 Å². The number of nitrogens with zero attached hydrogens (tertiary/aromatic N) is 4. The molecule has 0 fully saturated rings. The number of benzene rings is 3. The van der Waals surface area contributed by atoms with E-state index in [-0.39, 0.29) is 11.5 Å². The zero-order valence-corrected chi connectivity index (χ0v) is 25.2. The lowest BCUT2D eigenvalue weighted by Crippen LogP contribution is -2.39. The van der Waals surface area contributed by atoms with Gasteiger partial charge < -0.3 is 15.1 Å². The summed E-state index contributed by atoms with van der Waals surface area (Å²) in [6.07, 6.45) is 15.0. The standard InChI is InChI=1S/C37H41N5/c1-5-37(21-25(2)33-23-38-30-10-6-7-11-31(30)40-33)19-18-29-28-17-15-26(20-35(28)42(4)36(29)22-37)14-16-27-24-41(3)34-13-9-8-12-32(34)39-27/h6-20,23,25,27,29,36,39H,5,21-22,24H2,1-4H3. The predicted octanol–water partition coefficient (Wildman–Crippen LogP) is 8.03. The summed E-state index contributed by atoms with van der Waals surface area (Å²) in [5.41, 5.74) is 9.75. The minimum absolute atomic E-state index is 0.155. The van der Waals surface area contributed by atoms with Crippen molar-refractivity contribution in [3.63, 3.8) is 0 Å². The third kappa shape index (κ3) is 4.75. The Kier molecular flexibility index (Phi) is 6.76. The summed E-state index contributed by atoms with van der Waals surface area (Å²) in [4.78, 5) is 14.6. The fourth-order valence-corrected chi connectivity index (χ4v) is 7.55. The molecule has 5 atom stereocenters. The molecule has 3 heterocycles. The molecule has 214 valence electrons. The van der Waals surface area contributed by atoms with Crippen LogP contribution in [0.4, 0.5) is 17.1 Å². The van der Waals surface area contributed by atoms with Gasteiger partial charge in [-0.3, -0.25) is 4.98 Å². The molecular weight excluding hydrogens is 514 g/mol. The quantitative estimate of drug-likeness (QED) is 0.244. The lowest BCUT2D eigenvalue weighted by atomic mass is 9.67. The summed E-state index contributed by atoms with van der Waals surface area (Å²) in [6.45, 7) is 5.62. The fraction of sp³-hybridized carbons (Fsp3) is 0.351. The number of nitrogens with one attached hydrogen (secondary N) is 1. The van der Waals surface area contributed by atoms with Crippen LogP contribution in [0.2, 0.25) is 0 Å². The Morgan fingerprint density at radius 1 is 1.02 bits per heavy atom. The Hall–Kier alpha value is -4.12. The van der Waals surface area contributed by atoms with Gasteiger partial charge in [0, 0.05) is 50.4 Å². The zero-order valence-electron chi connectivity index (χ0n) is 25.2. The average molecular weight is 556 g/mol. The SMILES string of the molecule is CCC1(CC(C)c2cnc3ccccc3n2)C=CC2c3ccc(C=CC4CN(C)c5ccccc5N4)cc3N(C)C2C1. The molecule has 0 saturated heterocycles. The Morgan fingerprint density at radius 3 is 2.69 bits per heavy atom. The second-order valence-electron chi connectivity index (χ2n) is 12.7. The molecule has 1 aromatic heterocycles. The monoisotopic (exact) mass is 555 g/mol. The topological polar surface area (TPSA) is 44.3 Å². The molecule has 0 bridgehead atoms. The highest BCUT2D eigenvalue weighted by Crippen LogP contribution is 2.52. The van der Waals surface area contributed by atoms with E-state index in [0.717, 1.165) is 42.5 Å². The van der Waals surface area contributed by atoms with Crippen molar-refractivity contribution in [1.29, 1.82) is 0 Å². The highest BCUT2D eigenvalue weighted by atomic mass is 15.2. The van der Waals surface area contributed by atoms with E-state index >= 15 is 0 Å². The van der Waals surface area contributed by atoms with Crippen molar-refractivity contribution in [3.05, 3.63) is 108 Å². The number of hydrogen-bond acceptors (Lipinski definition) is 5. The van der Waals surface area contributed by atoms with Gasteiger partial charge >= 0.3 is 0 Å². The van der Waals surface area contributed by atoms with Gasteiger partial charge in [0.15, 0.2) is 0 Å². The molecule has 3 aromatic carbocycles. The molecule has 0 saturated carbocycles. The molecule has 1 N–H and O–H groups in total. The Morgan fingerprint density at radius 2 is 1.83 bits per heavy atom. The summed E-state index contributed by atoms with van der Waals surface area (Å²) in [5.74, 6) is 0.789. The maximum Gasteiger partial charge on any atom is 0.0890 e. The van der Waals surface area contributed by atoms with Crippen LogP contribution in [0, 0.1) is 5.41 Å². The number of fused-ring (bicyclic) bond motifs is 5. The molecule has 0 radical (unpaired) electrons. The van der Waals surface area contributed by atoms with E-state index in [1.54, 1.807) is 0 Å². The van der Waals surface area contributed by atoms with E-state index in [1.165, 1.54) is 28.2 Å². The smallest absolute Gasteiger partial charge is 0.0890 e. The molecule has 5 heteroatoms. The predicted molar refractivity (Wildman–Crippen MR) is 177 cm³/mol. The van der Waals surface area contributed by atoms with E-state index in [1.807, 2.05) is 24.4 Å². The van der Waals surface area contributed by atoms with Gasteiger partial charge in [-0.15, -0.1) is 0 Å². The van der Waals surface area contributed by atoms with Crippen molar-refractivity contribution in [3.8, 4) is 0 Å². The number of hydrogen-bond donors (Lipinski definition) is 1. The molecule has 0 amide bonds. The molecule has 4 aromatic rings. The summed E-state index contributed by atoms with van der Waals surface area (Å²) in [6, 6.07) is 24.5. The molecule has 5 unspecified atom stereocenters. The normalized spacial score (nSPS) is 25.3. The van der Waals surface area contributed by atoms with Crippen LogP contribution < -0.4 is 15.1 Å². The first-order chi connectivity index (χ1) is 20.4. The van der Waals surface area contributed by atoms with E-state index < -0.39 is 0 Å². The van der Waals surface area contributed by atoms with Crippen LogP contribution >= 0.6 is 0 Å². The number of para-hydroxylation sites is 4. The van der Waals surface area contributed by atoms with Gasteiger partial charge in [0.2, 0.25) is 0 Å². The molecule has 3 aliphatic rings. The Bertz CT molecular complexity index is 1670. The third-order valence-electron chi connectivity index (χ3n) is 10.0. The average Bonchev–Trinajstić information content (AvgIpc) is 3.29. The van der Waals surface area contributed by atoms with Crippen LogP contribution in [-0.2, 0) is 0 Å². The fourth-order valence-electron chi connectivity index (χ4n) is 7.55. The summed E-state index contributed by atoms with van der Waals surface area (Å²) >= 11 is 0. The Balaban J connectivity index is 1.07. The zero-order chi connectivity index (χ0) is 28.8. The lowest BCUT2D eigenvalue weighted by Gasteiger charge is -2.41. The van der Waals surface area contributed by atoms with Crippen LogP contribution in [0.5, 0.6) is 0 Å². The van der Waals surface area contributed by atoms with Gasteiger partial charge in [-0.25, -0.2) is 4.98 Å². The maximum absolute atomic E-state index is 4.99. The second-order valence-corrected chi connectivity index (χ2v) is 12.7. The van der Waals surface area contributed by atoms with Gasteiger partial charge in [-0.2, -0.15) is 0 Å². The van der Waals surface area contributed by atoms with Gasteiger partial charge in [-0.1, -0.05) is 74.5 Å². The first-order valence-electron chi connectivity index (χ1n) is 15.5. The molecule has 0 spiro atoms. The van der Waals surface area contributed by atoms with E-state index in [0.29, 0.717) is 17.9 Å². The molecule has 5 nitrogen and oxygen atoms in total. The van der Waals surface area contributed by atoms with Gasteiger partial charge in [-0.05, 0) is 66.1 Å². The number of anilines is 3. The van der Waals surface area contributed by atoms with E-state index in [2.05, 4.69) is 116 Å². The summed E-state index contributed by atoms with van der Waals surface area (Å²) < 4.78 is 0. The number of allylic oxidation sites excluding steroid dienone is 1. The maximum atomic E-state index is 4.99. The summed E-state index contributed by atoms with van der Waals surface area (Å²) in [7, 11) is 4.47. The van der Waals surface area contributed by atoms with Crippen molar-refractivity contribution in [2.75, 3.05) is 35.8 Å². The highest BCUT2D eigenvalue weighted by Gasteiger charge is 2.44. The van der Waals surface area contributed by atoms with Crippen molar-refractivity contribution in [2.24, 2.45) is 5.41 Å². The molecular formula is C37H41N5. The summed E-state index contributed by atoms with van der Waals surface area (Å²) in [5, 5.41) is 3.69. The van der Waals surface area contributed by atoms with Crippen LogP contribution in [0.25, 0.3) is 17.1 Å². The van der Waals surface area contributed by atoms with Crippen molar-refractivity contribution in [1.82, 2.24) is 9.97 Å². The number of rotatable bonds is 6. The van der Waals surface area contributed by atoms with Crippen molar-refractivity contribution >= 4 is 34.2 Å². The van der Waals surface area contributed by atoms with Gasteiger partial charge in [0.05, 0.1) is 34.1 Å².